The van der Waals surface area contributed by atoms with E-state index < -0.39 is 28.5 Å². The predicted octanol–water partition coefficient (Wildman–Crippen LogP) is 5.97. The third-order valence-electron chi connectivity index (χ3n) is 6.44. The van der Waals surface area contributed by atoms with Crippen LogP contribution < -0.4 is 9.62 Å². The van der Waals surface area contributed by atoms with E-state index in [0.29, 0.717) is 17.0 Å². The molecule has 0 unspecified atom stereocenters. The molecule has 0 radical (unpaired) electrons. The van der Waals surface area contributed by atoms with Crippen molar-refractivity contribution in [3.63, 3.8) is 0 Å². The van der Waals surface area contributed by atoms with E-state index in [0.717, 1.165) is 16.1 Å². The summed E-state index contributed by atoms with van der Waals surface area (Å²) < 4.78 is 26.7. The molecule has 3 aromatic carbocycles. The number of anilines is 1. The second kappa shape index (κ2) is 14.2. The highest BCUT2D eigenvalue weighted by atomic mass is 35.5. The van der Waals surface area contributed by atoms with Crippen LogP contribution in [-0.4, -0.2) is 50.0 Å². The van der Waals surface area contributed by atoms with Crippen molar-refractivity contribution in [2.24, 2.45) is 0 Å². The SMILES string of the molecule is CC[C@H](C)NC(=O)[C@@H](Cc1ccccc1)N(Cc1ccccc1Cl)C(=O)CN(c1ccc(Cl)c(Cl)c1)S(C)(=O)=O. The van der Waals surface area contributed by atoms with Crippen LogP contribution >= 0.6 is 34.8 Å². The van der Waals surface area contributed by atoms with Crippen molar-refractivity contribution < 1.29 is 18.0 Å². The van der Waals surface area contributed by atoms with Crippen molar-refractivity contribution in [3.05, 3.63) is 99.0 Å². The number of carbonyl (C=O) groups is 2. The van der Waals surface area contributed by atoms with E-state index in [1.807, 2.05) is 44.2 Å². The summed E-state index contributed by atoms with van der Waals surface area (Å²) in [6.07, 6.45) is 1.91. The van der Waals surface area contributed by atoms with Gasteiger partial charge >= 0.3 is 0 Å². The maximum Gasteiger partial charge on any atom is 0.244 e. The number of halogens is 3. The molecular formula is C29H32Cl3N3O4S. The second-order valence-corrected chi connectivity index (χ2v) is 12.6. The first-order chi connectivity index (χ1) is 18.9. The number of hydrogen-bond acceptors (Lipinski definition) is 4. The molecular weight excluding hydrogens is 593 g/mol. The van der Waals surface area contributed by atoms with E-state index in [4.69, 9.17) is 34.8 Å². The lowest BCUT2D eigenvalue weighted by Crippen LogP contribution is -2.54. The molecule has 2 atom stereocenters. The van der Waals surface area contributed by atoms with Crippen LogP contribution in [0.1, 0.15) is 31.4 Å². The van der Waals surface area contributed by atoms with Gasteiger partial charge in [-0.25, -0.2) is 8.42 Å². The Bertz CT molecular complexity index is 1440. The molecule has 0 aliphatic heterocycles. The van der Waals surface area contributed by atoms with Crippen molar-refractivity contribution in [2.75, 3.05) is 17.1 Å². The Balaban J connectivity index is 2.08. The highest BCUT2D eigenvalue weighted by Gasteiger charge is 2.33. The lowest BCUT2D eigenvalue weighted by molar-refractivity contribution is -0.140. The Morgan fingerprint density at radius 2 is 1.55 bits per heavy atom. The molecule has 0 bridgehead atoms. The van der Waals surface area contributed by atoms with Crippen LogP contribution in [0, 0.1) is 0 Å². The fourth-order valence-corrected chi connectivity index (χ4v) is 5.39. The van der Waals surface area contributed by atoms with Gasteiger partial charge in [-0.15, -0.1) is 0 Å². The number of nitrogens with one attached hydrogen (secondary N) is 1. The average Bonchev–Trinajstić information content (AvgIpc) is 2.91. The van der Waals surface area contributed by atoms with Gasteiger partial charge in [0.2, 0.25) is 21.8 Å². The van der Waals surface area contributed by atoms with Gasteiger partial charge < -0.3 is 10.2 Å². The third kappa shape index (κ3) is 8.61. The van der Waals surface area contributed by atoms with E-state index >= 15 is 0 Å². The minimum absolute atomic E-state index is 0.0110. The molecule has 3 rings (SSSR count). The minimum Gasteiger partial charge on any atom is -0.352 e. The summed E-state index contributed by atoms with van der Waals surface area (Å²) in [6.45, 7) is 3.25. The quantitative estimate of drug-likeness (QED) is 0.269. The number of rotatable bonds is 12. The summed E-state index contributed by atoms with van der Waals surface area (Å²) in [5, 5.41) is 3.79. The van der Waals surface area contributed by atoms with Crippen LogP contribution in [0.15, 0.2) is 72.8 Å². The smallest absolute Gasteiger partial charge is 0.244 e. The van der Waals surface area contributed by atoms with Gasteiger partial charge in [0.25, 0.3) is 0 Å². The zero-order valence-electron chi connectivity index (χ0n) is 22.5. The highest BCUT2D eigenvalue weighted by Crippen LogP contribution is 2.29. The monoisotopic (exact) mass is 623 g/mol. The van der Waals surface area contributed by atoms with Crippen LogP contribution in [0.2, 0.25) is 15.1 Å². The summed E-state index contributed by atoms with van der Waals surface area (Å²) in [7, 11) is -3.93. The topological polar surface area (TPSA) is 86.8 Å². The van der Waals surface area contributed by atoms with Crippen LogP contribution in [-0.2, 0) is 32.6 Å². The zero-order valence-corrected chi connectivity index (χ0v) is 25.6. The summed E-state index contributed by atoms with van der Waals surface area (Å²) in [6, 6.07) is 19.6. The van der Waals surface area contributed by atoms with E-state index in [2.05, 4.69) is 5.32 Å². The Labute approximate surface area is 251 Å². The van der Waals surface area contributed by atoms with E-state index in [1.54, 1.807) is 24.3 Å². The molecule has 7 nitrogen and oxygen atoms in total. The van der Waals surface area contributed by atoms with Gasteiger partial charge in [0.15, 0.2) is 0 Å². The van der Waals surface area contributed by atoms with Gasteiger partial charge in [-0.05, 0) is 48.7 Å². The molecule has 0 aromatic heterocycles. The molecule has 0 aliphatic carbocycles. The summed E-state index contributed by atoms with van der Waals surface area (Å²) in [5.41, 5.74) is 1.63. The number of carbonyl (C=O) groups excluding carboxylic acids is 2. The Kier molecular flexibility index (Phi) is 11.3. The molecule has 0 heterocycles. The lowest BCUT2D eigenvalue weighted by Gasteiger charge is -2.34. The Hall–Kier alpha value is -2.78. The van der Waals surface area contributed by atoms with Gasteiger partial charge in [-0.2, -0.15) is 0 Å². The Morgan fingerprint density at radius 3 is 2.15 bits per heavy atom. The number of nitrogens with zero attached hydrogens (tertiary/aromatic N) is 2. The summed E-state index contributed by atoms with van der Waals surface area (Å²) >= 11 is 18.7. The largest absolute Gasteiger partial charge is 0.352 e. The minimum atomic E-state index is -3.93. The summed E-state index contributed by atoms with van der Waals surface area (Å²) in [5.74, 6) is -0.935. The number of hydrogen-bond donors (Lipinski definition) is 1. The second-order valence-electron chi connectivity index (χ2n) is 9.50. The standard InChI is InChI=1S/C29H32Cl3N3O4S/c1-4-20(2)33-29(37)27(16-21-10-6-5-7-11-21)34(18-22-12-8-9-13-24(22)30)28(36)19-35(40(3,38)39)23-14-15-25(31)26(32)17-23/h5-15,17,20,27H,4,16,18-19H2,1-3H3,(H,33,37)/t20-,27+/m0/s1. The number of amides is 2. The molecule has 0 spiro atoms. The Morgan fingerprint density at radius 1 is 0.900 bits per heavy atom. The van der Waals surface area contributed by atoms with Crippen LogP contribution in [0.25, 0.3) is 0 Å². The van der Waals surface area contributed by atoms with Gasteiger partial charge in [0, 0.05) is 24.0 Å². The molecule has 2 amide bonds. The normalized spacial score (nSPS) is 12.8. The molecule has 0 fully saturated rings. The first-order valence-electron chi connectivity index (χ1n) is 12.7. The van der Waals surface area contributed by atoms with Crippen molar-refractivity contribution in [3.8, 4) is 0 Å². The first kappa shape index (κ1) is 31.7. The van der Waals surface area contributed by atoms with Crippen LogP contribution in [0.5, 0.6) is 0 Å². The van der Waals surface area contributed by atoms with E-state index in [1.165, 1.54) is 23.1 Å². The van der Waals surface area contributed by atoms with E-state index in [-0.39, 0.29) is 40.6 Å². The molecule has 214 valence electrons. The van der Waals surface area contributed by atoms with Gasteiger partial charge in [-0.1, -0.05) is 90.3 Å². The molecule has 40 heavy (non-hydrogen) atoms. The van der Waals surface area contributed by atoms with Gasteiger partial charge in [-0.3, -0.25) is 13.9 Å². The fraction of sp³-hybridized carbons (Fsp3) is 0.310. The maximum absolute atomic E-state index is 14.1. The third-order valence-corrected chi connectivity index (χ3v) is 8.69. The molecule has 0 saturated carbocycles. The van der Waals surface area contributed by atoms with Crippen molar-refractivity contribution in [1.82, 2.24) is 10.2 Å². The van der Waals surface area contributed by atoms with Gasteiger partial charge in [0.1, 0.15) is 12.6 Å². The van der Waals surface area contributed by atoms with Gasteiger partial charge in [0.05, 0.1) is 22.0 Å². The molecule has 1 N–H and O–H groups in total. The highest BCUT2D eigenvalue weighted by molar-refractivity contribution is 7.92. The first-order valence-corrected chi connectivity index (χ1v) is 15.7. The predicted molar refractivity (Wildman–Crippen MR) is 162 cm³/mol. The number of benzene rings is 3. The van der Waals surface area contributed by atoms with Crippen LogP contribution in [0.3, 0.4) is 0 Å². The zero-order chi connectivity index (χ0) is 29.4. The summed E-state index contributed by atoms with van der Waals surface area (Å²) in [4.78, 5) is 29.1. The van der Waals surface area contributed by atoms with Crippen molar-refractivity contribution in [2.45, 2.75) is 45.3 Å². The molecule has 0 saturated heterocycles. The molecule has 3 aromatic rings. The van der Waals surface area contributed by atoms with Crippen molar-refractivity contribution in [1.29, 1.82) is 0 Å². The maximum atomic E-state index is 14.1. The van der Waals surface area contributed by atoms with E-state index in [9.17, 15) is 18.0 Å². The fourth-order valence-electron chi connectivity index (χ4n) is 4.06. The molecule has 11 heteroatoms. The average molecular weight is 625 g/mol. The van der Waals surface area contributed by atoms with Crippen molar-refractivity contribution >= 4 is 62.3 Å². The molecule has 0 aliphatic rings. The lowest BCUT2D eigenvalue weighted by atomic mass is 10.0. The van der Waals surface area contributed by atoms with Crippen LogP contribution in [0.4, 0.5) is 5.69 Å². The number of sulfonamides is 1.